The van der Waals surface area contributed by atoms with Crippen molar-refractivity contribution in [2.45, 2.75) is 40.2 Å². The fourth-order valence-electron chi connectivity index (χ4n) is 2.83. The molecule has 5 nitrogen and oxygen atoms in total. The van der Waals surface area contributed by atoms with Gasteiger partial charge in [-0.15, -0.1) is 11.3 Å². The molecule has 0 aliphatic rings. The number of halogens is 1. The van der Waals surface area contributed by atoms with Gasteiger partial charge in [0, 0.05) is 4.88 Å². The second-order valence-electron chi connectivity index (χ2n) is 6.63. The van der Waals surface area contributed by atoms with Gasteiger partial charge in [-0.1, -0.05) is 20.3 Å². The van der Waals surface area contributed by atoms with E-state index in [2.05, 4.69) is 23.8 Å². The van der Waals surface area contributed by atoms with Gasteiger partial charge in [0.2, 0.25) is 0 Å². The van der Waals surface area contributed by atoms with Gasteiger partial charge < -0.3 is 9.72 Å². The van der Waals surface area contributed by atoms with E-state index >= 15 is 0 Å². The van der Waals surface area contributed by atoms with Crippen LogP contribution in [0.1, 0.15) is 46.9 Å². The van der Waals surface area contributed by atoms with E-state index in [-0.39, 0.29) is 17.7 Å². The number of fused-ring (bicyclic) bond motifs is 1. The highest BCUT2D eigenvalue weighted by Crippen LogP contribution is 2.29. The average molecular weight is 388 g/mol. The van der Waals surface area contributed by atoms with Crippen molar-refractivity contribution in [1.82, 2.24) is 9.97 Å². The molecule has 3 rings (SSSR count). The number of carbonyl (C=O) groups excluding carboxylic acids is 1. The highest BCUT2D eigenvalue weighted by atomic mass is 32.1. The molecule has 27 heavy (non-hydrogen) atoms. The molecule has 0 aliphatic heterocycles. The normalized spacial score (nSPS) is 12.3. The first kappa shape index (κ1) is 19.2. The molecule has 1 N–H and O–H groups in total. The molecule has 0 amide bonds. The topological polar surface area (TPSA) is 72.0 Å². The third kappa shape index (κ3) is 4.24. The van der Waals surface area contributed by atoms with E-state index in [0.717, 1.165) is 23.3 Å². The summed E-state index contributed by atoms with van der Waals surface area (Å²) < 4.78 is 18.1. The van der Waals surface area contributed by atoms with E-state index in [4.69, 9.17) is 4.74 Å². The lowest BCUT2D eigenvalue weighted by Crippen LogP contribution is -2.15. The molecule has 1 aromatic carbocycles. The van der Waals surface area contributed by atoms with Crippen molar-refractivity contribution in [2.75, 3.05) is 0 Å². The molecule has 0 spiro atoms. The molecule has 0 bridgehead atoms. The predicted octanol–water partition coefficient (Wildman–Crippen LogP) is 4.38. The van der Waals surface area contributed by atoms with Crippen molar-refractivity contribution < 1.29 is 13.9 Å². The first-order chi connectivity index (χ1) is 12.9. The number of aromatic nitrogens is 2. The Hall–Kier alpha value is -2.54. The number of aromatic amines is 1. The molecular weight excluding hydrogens is 367 g/mol. The number of carbonyl (C=O) groups is 1. The van der Waals surface area contributed by atoms with Crippen LogP contribution >= 0.6 is 11.3 Å². The Bertz CT molecular complexity index is 1020. The van der Waals surface area contributed by atoms with Crippen LogP contribution < -0.4 is 5.56 Å². The van der Waals surface area contributed by atoms with Crippen LogP contribution in [0.25, 0.3) is 10.2 Å². The summed E-state index contributed by atoms with van der Waals surface area (Å²) in [5, 5.41) is 0.631. The van der Waals surface area contributed by atoms with E-state index in [1.54, 1.807) is 0 Å². The summed E-state index contributed by atoms with van der Waals surface area (Å²) in [6.07, 6.45) is 1.88. The number of benzene rings is 1. The molecule has 1 atom stereocenters. The Kier molecular flexibility index (Phi) is 5.70. The summed E-state index contributed by atoms with van der Waals surface area (Å²) in [5.41, 5.74) is 1.08. The van der Waals surface area contributed by atoms with Gasteiger partial charge in [0.15, 0.2) is 0 Å². The SMILES string of the molecule is CC[C@H](C)Cc1c(C)sc2nc(COC(=O)c3ccc(F)cc3)[nH]c(=O)c12. The van der Waals surface area contributed by atoms with Gasteiger partial charge in [0.05, 0.1) is 10.9 Å². The second kappa shape index (κ2) is 8.00. The molecule has 3 aromatic rings. The maximum absolute atomic E-state index is 12.9. The van der Waals surface area contributed by atoms with Crippen LogP contribution in [-0.2, 0) is 17.8 Å². The summed E-state index contributed by atoms with van der Waals surface area (Å²) >= 11 is 1.48. The van der Waals surface area contributed by atoms with Crippen molar-refractivity contribution in [2.24, 2.45) is 5.92 Å². The van der Waals surface area contributed by atoms with E-state index in [1.807, 2.05) is 6.92 Å². The minimum atomic E-state index is -0.599. The van der Waals surface area contributed by atoms with Gasteiger partial charge in [-0.3, -0.25) is 4.79 Å². The van der Waals surface area contributed by atoms with Crippen LogP contribution in [-0.4, -0.2) is 15.9 Å². The number of nitrogens with zero attached hydrogens (tertiary/aromatic N) is 1. The van der Waals surface area contributed by atoms with Crippen molar-refractivity contribution >= 4 is 27.5 Å². The van der Waals surface area contributed by atoms with Crippen LogP contribution in [0.4, 0.5) is 4.39 Å². The maximum atomic E-state index is 12.9. The van der Waals surface area contributed by atoms with E-state index in [1.165, 1.54) is 35.6 Å². The zero-order valence-electron chi connectivity index (χ0n) is 15.5. The molecule has 0 fully saturated rings. The van der Waals surface area contributed by atoms with Crippen LogP contribution in [0.3, 0.4) is 0 Å². The summed E-state index contributed by atoms with van der Waals surface area (Å²) in [6.45, 7) is 6.13. The Morgan fingerprint density at radius 1 is 1.33 bits per heavy atom. The van der Waals surface area contributed by atoms with E-state index in [0.29, 0.717) is 22.0 Å². The van der Waals surface area contributed by atoms with Gasteiger partial charge in [-0.2, -0.15) is 0 Å². The van der Waals surface area contributed by atoms with Crippen LogP contribution in [0.2, 0.25) is 0 Å². The van der Waals surface area contributed by atoms with Crippen molar-refractivity contribution in [3.8, 4) is 0 Å². The standard InChI is InChI=1S/C20H21FN2O3S/c1-4-11(2)9-15-12(3)27-19-17(15)18(24)22-16(23-19)10-26-20(25)13-5-7-14(21)8-6-13/h5-8,11H,4,9-10H2,1-3H3,(H,22,23,24)/t11-/m0/s1. The van der Waals surface area contributed by atoms with Gasteiger partial charge in [0.1, 0.15) is 23.1 Å². The first-order valence-corrected chi connectivity index (χ1v) is 9.64. The van der Waals surface area contributed by atoms with Crippen LogP contribution in [0.5, 0.6) is 0 Å². The summed E-state index contributed by atoms with van der Waals surface area (Å²) in [6, 6.07) is 5.08. The van der Waals surface area contributed by atoms with Crippen LogP contribution in [0, 0.1) is 18.7 Å². The number of esters is 1. The minimum absolute atomic E-state index is 0.154. The fourth-order valence-corrected chi connectivity index (χ4v) is 3.90. The Balaban J connectivity index is 1.81. The van der Waals surface area contributed by atoms with Gasteiger partial charge >= 0.3 is 5.97 Å². The fraction of sp³-hybridized carbons (Fsp3) is 0.350. The second-order valence-corrected chi connectivity index (χ2v) is 7.83. The number of hydrogen-bond acceptors (Lipinski definition) is 5. The first-order valence-electron chi connectivity index (χ1n) is 8.82. The molecule has 142 valence electrons. The lowest BCUT2D eigenvalue weighted by atomic mass is 9.98. The maximum Gasteiger partial charge on any atom is 0.338 e. The molecule has 0 saturated carbocycles. The number of ether oxygens (including phenoxy) is 1. The van der Waals surface area contributed by atoms with E-state index < -0.39 is 11.8 Å². The molecular formula is C20H21FN2O3S. The van der Waals surface area contributed by atoms with Crippen molar-refractivity contribution in [3.05, 3.63) is 62.3 Å². The van der Waals surface area contributed by atoms with Gasteiger partial charge in [-0.05, 0) is 49.1 Å². The number of aryl methyl sites for hydroxylation is 1. The third-order valence-corrected chi connectivity index (χ3v) is 5.62. The molecule has 0 unspecified atom stereocenters. The molecule has 0 radical (unpaired) electrons. The predicted molar refractivity (Wildman–Crippen MR) is 104 cm³/mol. The lowest BCUT2D eigenvalue weighted by molar-refractivity contribution is 0.0462. The van der Waals surface area contributed by atoms with Crippen LogP contribution in [0.15, 0.2) is 29.1 Å². The van der Waals surface area contributed by atoms with Gasteiger partial charge in [-0.25, -0.2) is 14.2 Å². The average Bonchev–Trinajstić information content (AvgIpc) is 2.95. The molecule has 2 aromatic heterocycles. The highest BCUT2D eigenvalue weighted by Gasteiger charge is 2.17. The number of hydrogen-bond donors (Lipinski definition) is 1. The summed E-state index contributed by atoms with van der Waals surface area (Å²) in [5.74, 6) is -0.252. The molecule has 0 saturated heterocycles. The smallest absolute Gasteiger partial charge is 0.338 e. The molecule has 2 heterocycles. The Labute approximate surface area is 160 Å². The highest BCUT2D eigenvalue weighted by molar-refractivity contribution is 7.18. The third-order valence-electron chi connectivity index (χ3n) is 4.58. The number of thiophene rings is 1. The largest absolute Gasteiger partial charge is 0.454 e. The monoisotopic (exact) mass is 388 g/mol. The zero-order valence-corrected chi connectivity index (χ0v) is 16.3. The number of H-pyrrole nitrogens is 1. The van der Waals surface area contributed by atoms with Crippen molar-refractivity contribution in [3.63, 3.8) is 0 Å². The molecule has 7 heteroatoms. The quantitative estimate of drug-likeness (QED) is 0.636. The zero-order chi connectivity index (χ0) is 19.6. The minimum Gasteiger partial charge on any atom is -0.454 e. The van der Waals surface area contributed by atoms with E-state index in [9.17, 15) is 14.0 Å². The Morgan fingerprint density at radius 2 is 2.04 bits per heavy atom. The summed E-state index contributed by atoms with van der Waals surface area (Å²) in [7, 11) is 0. The molecule has 0 aliphatic carbocycles. The Morgan fingerprint density at radius 3 is 2.70 bits per heavy atom. The summed E-state index contributed by atoms with van der Waals surface area (Å²) in [4.78, 5) is 33.5. The van der Waals surface area contributed by atoms with Crippen molar-refractivity contribution in [1.29, 1.82) is 0 Å². The van der Waals surface area contributed by atoms with Gasteiger partial charge in [0.25, 0.3) is 5.56 Å². The number of rotatable bonds is 6. The number of nitrogens with one attached hydrogen (secondary N) is 1. The lowest BCUT2D eigenvalue weighted by Gasteiger charge is -2.08.